The molecule has 10 aliphatic rings. The number of carbonyl (C=O) groups excluding carboxylic acids is 1. The van der Waals surface area contributed by atoms with E-state index >= 15 is 0 Å². The molecule has 8 fully saturated rings. The Bertz CT molecular complexity index is 3960. The Morgan fingerprint density at radius 3 is 1.28 bits per heavy atom. The van der Waals surface area contributed by atoms with Gasteiger partial charge in [0.05, 0.1) is 48.6 Å². The zero-order chi connectivity index (χ0) is 93.5. The Morgan fingerprint density at radius 2 is 0.823 bits per heavy atom. The largest absolute Gasteiger partial charge is 0.389 e. The van der Waals surface area contributed by atoms with Gasteiger partial charge in [-0.15, -0.1) is 0 Å². The summed E-state index contributed by atoms with van der Waals surface area (Å²) in [6.07, 6.45) is -25.7. The molecule has 2 aromatic rings. The van der Waals surface area contributed by atoms with Crippen molar-refractivity contribution in [1.29, 1.82) is 0 Å². The summed E-state index contributed by atoms with van der Waals surface area (Å²) in [6, 6.07) is -0.0604. The second-order valence-corrected chi connectivity index (χ2v) is 38.4. The number of nitrogens with zero attached hydrogens (tertiary/aromatic N) is 1. The maximum absolute atomic E-state index is 13.4. The number of nitrogens with one attached hydrogen (secondary N) is 5. The predicted molar refractivity (Wildman–Crippen MR) is 488 cm³/mol. The number of hydrogen-bond donors (Lipinski definition) is 29. The number of aliphatic hydroxyl groups excluding tert-OH is 12. The van der Waals surface area contributed by atoms with Crippen molar-refractivity contribution in [3.8, 4) is 0 Å². The molecule has 41 N–H and O–H groups in total. The summed E-state index contributed by atoms with van der Waals surface area (Å²) in [6.45, 7) is 4.08. The molecule has 738 valence electrons. The number of aryl methyl sites for hydroxylation is 1. The normalized spacial score (nSPS) is 39.6. The smallest absolute Gasteiger partial charge is 0.220 e. The van der Waals surface area contributed by atoms with Crippen LogP contribution in [-0.2, 0) is 80.9 Å². The number of benzene rings is 2. The molecule has 2 saturated carbocycles. The quantitative estimate of drug-likeness (QED) is 0.0216. The summed E-state index contributed by atoms with van der Waals surface area (Å²) in [5.41, 5.74) is 81.1. The number of ether oxygens (including phenoxy) is 12. The fourth-order valence-electron chi connectivity index (χ4n) is 18.5. The van der Waals surface area contributed by atoms with Gasteiger partial charge in [-0.1, -0.05) is 48.9 Å². The Hall–Kier alpha value is -3.75. The van der Waals surface area contributed by atoms with E-state index in [2.05, 4.69) is 74.0 Å². The average Bonchev–Trinajstić information content (AvgIpc) is 1.35. The van der Waals surface area contributed by atoms with Crippen LogP contribution in [0.25, 0.3) is 16.3 Å². The van der Waals surface area contributed by atoms with E-state index in [4.69, 9.17) is 150 Å². The zero-order valence-electron chi connectivity index (χ0n) is 73.0. The van der Waals surface area contributed by atoms with Crippen LogP contribution in [0.4, 0.5) is 0 Å². The molecule has 38 atom stereocenters. The van der Waals surface area contributed by atoms with E-state index < -0.39 is 233 Å². The van der Waals surface area contributed by atoms with Crippen LogP contribution in [0.3, 0.4) is 0 Å². The number of aliphatic hydroxyl groups is 12. The summed E-state index contributed by atoms with van der Waals surface area (Å²) in [5.74, 6) is 1.34. The third kappa shape index (κ3) is 25.8. The van der Waals surface area contributed by atoms with Gasteiger partial charge in [0.2, 0.25) is 5.91 Å². The Morgan fingerprint density at radius 1 is 0.431 bits per heavy atom. The van der Waals surface area contributed by atoms with Crippen molar-refractivity contribution in [2.75, 3.05) is 102 Å². The van der Waals surface area contributed by atoms with Crippen LogP contribution in [0.2, 0.25) is 0 Å². The molecule has 43 nitrogen and oxygen atoms in total. The minimum atomic E-state index is -1.61. The first-order valence-corrected chi connectivity index (χ1v) is 48.5. The number of rotatable bonds is 44. The fourth-order valence-corrected chi connectivity index (χ4v) is 20.8. The van der Waals surface area contributed by atoms with Crippen LogP contribution < -0.4 is 95.4 Å². The minimum Gasteiger partial charge on any atom is -0.389 e. The number of hydrogen-bond acceptors (Lipinski definition) is 42. The van der Waals surface area contributed by atoms with E-state index in [1.165, 1.54) is 62.1 Å². The number of thioether (sulfide) groups is 2. The lowest BCUT2D eigenvalue weighted by Crippen LogP contribution is -2.68. The van der Waals surface area contributed by atoms with Crippen LogP contribution >= 0.6 is 48.0 Å². The monoisotopic (exact) mass is 1920 g/mol. The summed E-state index contributed by atoms with van der Waals surface area (Å²) in [5, 5.41) is 153. The lowest BCUT2D eigenvalue weighted by Gasteiger charge is -2.47. The zero-order valence-corrected chi connectivity index (χ0v) is 76.2. The van der Waals surface area contributed by atoms with Crippen LogP contribution in [0, 0.1) is 0 Å². The van der Waals surface area contributed by atoms with Crippen LogP contribution in [0.1, 0.15) is 80.0 Å². The van der Waals surface area contributed by atoms with Gasteiger partial charge in [0, 0.05) is 113 Å². The van der Waals surface area contributed by atoms with Gasteiger partial charge in [0.25, 0.3) is 0 Å². The molecule has 0 aromatic heterocycles. The number of unbranched alkanes of at least 4 members (excludes halogenated alkanes) is 3. The molecule has 0 spiro atoms. The SMILES string of the molecule is NCC1O[C@H](O[C@H]2C(N)C[C@@H](N)C(O)C2OC2OC(CSCCNC(=S)NCCCCN(CCCCCNC(=O)CCc3cc4cccc5c4c4c3CC=CC4=CC5)CCCNC(=S)NCCSCC3OC(OC4C(O)[C@H](N)CC(N)[C@H]4O[C@@H]4OC(CN)[C@@H](O)C(O)C4N)C(O)C3O[C@H]3OC(CN)[C@@H](O)C(O)C3N)C(O[C@H]3OC(CN)[C@@H](O)C(O)C3N)C2O)C(N)C(O)[C@@H]1O. The van der Waals surface area contributed by atoms with E-state index in [9.17, 15) is 66.1 Å². The van der Waals surface area contributed by atoms with Crippen molar-refractivity contribution in [2.45, 2.75) is 310 Å². The number of nitrogens with two attached hydrogens (primary N) is 12. The second-order valence-electron chi connectivity index (χ2n) is 35.3. The van der Waals surface area contributed by atoms with Crippen molar-refractivity contribution in [1.82, 2.24) is 31.5 Å². The lowest BCUT2D eigenvalue weighted by molar-refractivity contribution is -0.306. The highest BCUT2D eigenvalue weighted by Gasteiger charge is 2.58. The summed E-state index contributed by atoms with van der Waals surface area (Å²) >= 11 is 14.3. The van der Waals surface area contributed by atoms with Crippen molar-refractivity contribution < 1.29 is 123 Å². The highest BCUT2D eigenvalue weighted by atomic mass is 32.2. The molecule has 6 saturated heterocycles. The first kappa shape index (κ1) is 105. The Balaban J connectivity index is 0.610. The van der Waals surface area contributed by atoms with E-state index in [1.54, 1.807) is 0 Å². The molecular formula is C83H142N18O25S4. The fraction of sp³-hybridized carbons (Fsp3) is 0.795. The maximum Gasteiger partial charge on any atom is 0.220 e. The number of allylic oxidation sites excluding steroid dienone is 4. The number of amides is 1. The summed E-state index contributed by atoms with van der Waals surface area (Å²) < 4.78 is 74.2. The van der Waals surface area contributed by atoms with Crippen LogP contribution in [0.15, 0.2) is 42.5 Å². The molecule has 2 aromatic carbocycles. The third-order valence-corrected chi connectivity index (χ3v) is 28.8. The van der Waals surface area contributed by atoms with Gasteiger partial charge in [-0.2, -0.15) is 23.5 Å². The van der Waals surface area contributed by atoms with Gasteiger partial charge in [-0.25, -0.2) is 0 Å². The summed E-state index contributed by atoms with van der Waals surface area (Å²) in [7, 11) is 0. The molecule has 0 radical (unpaired) electrons. The highest BCUT2D eigenvalue weighted by molar-refractivity contribution is 7.99. The van der Waals surface area contributed by atoms with Gasteiger partial charge in [-0.05, 0) is 147 Å². The maximum atomic E-state index is 13.4. The number of thiocarbonyl (C=S) groups is 2. The van der Waals surface area contributed by atoms with Gasteiger partial charge in [0.15, 0.2) is 48.0 Å². The first-order chi connectivity index (χ1) is 62.3. The predicted octanol–water partition coefficient (Wildman–Crippen LogP) is -10.8. The van der Waals surface area contributed by atoms with E-state index in [0.29, 0.717) is 67.3 Å². The minimum absolute atomic E-state index is 0.0278. The standard InChI is InChI=1S/C83H142N18O25S4/c84-30-45-60(105)64(109)54(92)76(115-45)121-70-43(90)28-41(88)58(103)74(70)125-80-68(113)72(123-78-56(94)66(111)62(107)47(32-86)117-78)49(119-80)34-129-25-20-99-82(127)97-18-3-5-23-101(22-4-1-2-17-96-51(102)16-15-38-27-39-11-6-9-36-13-14-37-10-7-12-40(38)53(37)52(36)39)24-8-19-98-83(128)100-21-26-130-35-50-73(124-79-57(95)67(112)63(108)48(33-87)118-79)69(114)81(120-50)126-75-59(104)42(89)29-44(91)71(75)122-77-55(93)65(110)61(106)46(31-85)116-77/h6-7,9-11,14,27,41-50,54-81,103-114H,1-5,8,12-13,15-26,28-35,84-95H2,(H,96,102)(H2,97,99,127)(H2,98,100,128)/t41-,42-,43?,44?,45?,46?,47?,48?,49?,50?,54?,55?,56?,57?,58?,59?,60-,61-,62-,63-,64?,65?,66?,67?,68?,69?,70+,71-,72?,73?,74?,75?,76-,77+,78-,79-,80?,81?/m1/s1. The molecule has 26 unspecified atom stereocenters. The third-order valence-electron chi connectivity index (χ3n) is 26.1. The van der Waals surface area contributed by atoms with Gasteiger partial charge in [-0.3, -0.25) is 4.79 Å². The molecule has 12 rings (SSSR count). The molecule has 1 amide bonds. The second kappa shape index (κ2) is 49.7. The molecular weight excluding hydrogens is 1780 g/mol. The van der Waals surface area contributed by atoms with Crippen molar-refractivity contribution >= 4 is 80.4 Å². The molecule has 47 heteroatoms. The van der Waals surface area contributed by atoms with E-state index in [0.717, 1.165) is 71.0 Å². The molecule has 130 heavy (non-hydrogen) atoms. The van der Waals surface area contributed by atoms with Gasteiger partial charge < -0.3 is 218 Å². The highest BCUT2D eigenvalue weighted by Crippen LogP contribution is 2.43. The van der Waals surface area contributed by atoms with Crippen LogP contribution in [-0.4, -0.2) is 416 Å². The van der Waals surface area contributed by atoms with Gasteiger partial charge in [0.1, 0.15) is 122 Å². The molecule has 4 aliphatic carbocycles. The van der Waals surface area contributed by atoms with Crippen molar-refractivity contribution in [3.05, 3.63) is 64.7 Å². The molecule has 6 heterocycles. The van der Waals surface area contributed by atoms with Crippen molar-refractivity contribution in [2.24, 2.45) is 68.8 Å². The lowest BCUT2D eigenvalue weighted by atomic mass is 9.79. The molecule has 0 bridgehead atoms. The molecule has 6 aliphatic heterocycles. The summed E-state index contributed by atoms with van der Waals surface area (Å²) in [4.78, 5) is 15.8. The van der Waals surface area contributed by atoms with E-state index in [-0.39, 0.29) is 56.4 Å². The van der Waals surface area contributed by atoms with Gasteiger partial charge >= 0.3 is 0 Å². The van der Waals surface area contributed by atoms with E-state index in [1.807, 2.05) is 0 Å². The number of carbonyl (C=O) groups is 1. The Kier molecular flexibility index (Phi) is 40.2. The average molecular weight is 1920 g/mol. The van der Waals surface area contributed by atoms with Crippen LogP contribution in [0.5, 0.6) is 0 Å². The Labute approximate surface area is 775 Å². The first-order valence-electron chi connectivity index (χ1n) is 45.3. The topological polar surface area (TPSA) is 746 Å². The van der Waals surface area contributed by atoms with Crippen molar-refractivity contribution in [3.63, 3.8) is 0 Å².